The van der Waals surface area contributed by atoms with Crippen LogP contribution in [0.4, 0.5) is 0 Å². The predicted octanol–water partition coefficient (Wildman–Crippen LogP) is 0.902. The lowest BCUT2D eigenvalue weighted by Crippen LogP contribution is -2.20. The lowest BCUT2D eigenvalue weighted by molar-refractivity contribution is -0.119. The summed E-state index contributed by atoms with van der Waals surface area (Å²) in [4.78, 5) is 10.8. The van der Waals surface area contributed by atoms with E-state index in [2.05, 4.69) is 0 Å². The quantitative estimate of drug-likeness (QED) is 0.747. The third-order valence-corrected chi connectivity index (χ3v) is 1.71. The first-order chi connectivity index (χ1) is 6.24. The number of benzene rings is 1. The molecular formula is C10H13NO2. The molecule has 1 aromatic rings. The number of carbonyl (C=O) groups excluding carboxylic acids is 1. The molecule has 1 aromatic carbocycles. The average Bonchev–Trinajstić information content (AvgIpc) is 2.16. The molecule has 0 saturated carbocycles. The fourth-order valence-corrected chi connectivity index (χ4v) is 0.936. The van der Waals surface area contributed by atoms with Crippen molar-refractivity contribution in [2.75, 3.05) is 13.2 Å². The second-order valence-electron chi connectivity index (χ2n) is 2.80. The van der Waals surface area contributed by atoms with Crippen LogP contribution in [0.5, 0.6) is 5.75 Å². The summed E-state index contributed by atoms with van der Waals surface area (Å²) < 4.78 is 5.26. The Hall–Kier alpha value is -1.35. The molecule has 0 aliphatic heterocycles. The second-order valence-corrected chi connectivity index (χ2v) is 2.80. The van der Waals surface area contributed by atoms with Gasteiger partial charge in [0.15, 0.2) is 5.78 Å². The molecule has 0 fully saturated rings. The minimum atomic E-state index is -0.0942. The van der Waals surface area contributed by atoms with Crippen molar-refractivity contribution in [1.29, 1.82) is 0 Å². The molecular weight excluding hydrogens is 166 g/mol. The Morgan fingerprint density at radius 1 is 1.46 bits per heavy atom. The Bertz CT molecular complexity index is 297. The number of hydrogen-bond donors (Lipinski definition) is 1. The molecule has 0 atom stereocenters. The van der Waals surface area contributed by atoms with E-state index in [1.165, 1.54) is 0 Å². The Kier molecular flexibility index (Phi) is 3.46. The molecule has 0 spiro atoms. The SMILES string of the molecule is Cc1ccccc1OCC(=O)CN. The lowest BCUT2D eigenvalue weighted by atomic mass is 10.2. The third kappa shape index (κ3) is 2.87. The number of nitrogens with two attached hydrogens (primary N) is 1. The molecule has 0 saturated heterocycles. The van der Waals surface area contributed by atoms with Gasteiger partial charge in [-0.05, 0) is 18.6 Å². The summed E-state index contributed by atoms with van der Waals surface area (Å²) in [5.74, 6) is 0.646. The number of ketones is 1. The first-order valence-electron chi connectivity index (χ1n) is 4.14. The van der Waals surface area contributed by atoms with Gasteiger partial charge in [-0.15, -0.1) is 0 Å². The summed E-state index contributed by atoms with van der Waals surface area (Å²) in [5.41, 5.74) is 6.17. The van der Waals surface area contributed by atoms with Gasteiger partial charge in [0.1, 0.15) is 12.4 Å². The lowest BCUT2D eigenvalue weighted by Gasteiger charge is -2.06. The number of hydrogen-bond acceptors (Lipinski definition) is 3. The number of aryl methyl sites for hydroxylation is 1. The van der Waals surface area contributed by atoms with Gasteiger partial charge < -0.3 is 10.5 Å². The van der Waals surface area contributed by atoms with E-state index in [0.717, 1.165) is 11.3 Å². The zero-order valence-corrected chi connectivity index (χ0v) is 7.62. The van der Waals surface area contributed by atoms with Crippen molar-refractivity contribution in [2.24, 2.45) is 5.73 Å². The van der Waals surface area contributed by atoms with Crippen molar-refractivity contribution in [1.82, 2.24) is 0 Å². The summed E-state index contributed by atoms with van der Waals surface area (Å²) in [7, 11) is 0. The highest BCUT2D eigenvalue weighted by Crippen LogP contribution is 2.15. The number of para-hydroxylation sites is 1. The Labute approximate surface area is 77.5 Å². The maximum atomic E-state index is 10.8. The van der Waals surface area contributed by atoms with Gasteiger partial charge in [-0.1, -0.05) is 18.2 Å². The summed E-state index contributed by atoms with van der Waals surface area (Å²) in [6.45, 7) is 2.02. The van der Waals surface area contributed by atoms with Gasteiger partial charge in [0.25, 0.3) is 0 Å². The first kappa shape index (κ1) is 9.74. The van der Waals surface area contributed by atoms with E-state index in [4.69, 9.17) is 10.5 Å². The van der Waals surface area contributed by atoms with Crippen LogP contribution in [0.1, 0.15) is 5.56 Å². The standard InChI is InChI=1S/C10H13NO2/c1-8-4-2-3-5-10(8)13-7-9(12)6-11/h2-5H,6-7,11H2,1H3. The van der Waals surface area contributed by atoms with Gasteiger partial charge >= 0.3 is 0 Å². The molecule has 0 unspecified atom stereocenters. The number of Topliss-reactive ketones (excluding diaryl/α,β-unsaturated/α-hetero) is 1. The van der Waals surface area contributed by atoms with E-state index in [-0.39, 0.29) is 18.9 Å². The first-order valence-corrected chi connectivity index (χ1v) is 4.14. The molecule has 2 N–H and O–H groups in total. The van der Waals surface area contributed by atoms with Crippen LogP contribution in [0.2, 0.25) is 0 Å². The van der Waals surface area contributed by atoms with Crippen LogP contribution in [0, 0.1) is 6.92 Å². The maximum absolute atomic E-state index is 10.8. The van der Waals surface area contributed by atoms with E-state index in [0.29, 0.717) is 0 Å². The smallest absolute Gasteiger partial charge is 0.183 e. The highest BCUT2D eigenvalue weighted by atomic mass is 16.5. The molecule has 13 heavy (non-hydrogen) atoms. The second kappa shape index (κ2) is 4.62. The summed E-state index contributed by atoms with van der Waals surface area (Å²) in [6, 6.07) is 7.56. The van der Waals surface area contributed by atoms with Gasteiger partial charge in [-0.25, -0.2) is 0 Å². The predicted molar refractivity (Wildman–Crippen MR) is 50.7 cm³/mol. The molecule has 0 amide bonds. The summed E-state index contributed by atoms with van der Waals surface area (Å²) in [5, 5.41) is 0. The fourth-order valence-electron chi connectivity index (χ4n) is 0.936. The van der Waals surface area contributed by atoms with E-state index in [1.54, 1.807) is 0 Å². The van der Waals surface area contributed by atoms with Gasteiger partial charge in [0.05, 0.1) is 6.54 Å². The Balaban J connectivity index is 2.54. The fraction of sp³-hybridized carbons (Fsp3) is 0.300. The molecule has 0 bridgehead atoms. The minimum Gasteiger partial charge on any atom is -0.486 e. The summed E-state index contributed by atoms with van der Waals surface area (Å²) in [6.07, 6.45) is 0. The zero-order valence-electron chi connectivity index (χ0n) is 7.62. The normalized spacial score (nSPS) is 9.69. The molecule has 0 heterocycles. The number of rotatable bonds is 4. The van der Waals surface area contributed by atoms with Crippen LogP contribution >= 0.6 is 0 Å². The van der Waals surface area contributed by atoms with Crippen molar-refractivity contribution in [2.45, 2.75) is 6.92 Å². The van der Waals surface area contributed by atoms with Crippen LogP contribution in [0.15, 0.2) is 24.3 Å². The zero-order chi connectivity index (χ0) is 9.68. The van der Waals surface area contributed by atoms with Gasteiger partial charge in [-0.3, -0.25) is 4.79 Å². The minimum absolute atomic E-state index is 0.0336. The maximum Gasteiger partial charge on any atom is 0.183 e. The van der Waals surface area contributed by atoms with Crippen molar-refractivity contribution < 1.29 is 9.53 Å². The average molecular weight is 179 g/mol. The topological polar surface area (TPSA) is 52.3 Å². The van der Waals surface area contributed by atoms with E-state index in [1.807, 2.05) is 31.2 Å². The highest BCUT2D eigenvalue weighted by molar-refractivity contribution is 5.81. The number of carbonyl (C=O) groups is 1. The van der Waals surface area contributed by atoms with Gasteiger partial charge in [0.2, 0.25) is 0 Å². The molecule has 0 radical (unpaired) electrons. The monoisotopic (exact) mass is 179 g/mol. The van der Waals surface area contributed by atoms with E-state index >= 15 is 0 Å². The molecule has 1 rings (SSSR count). The molecule has 0 aliphatic rings. The molecule has 0 aliphatic carbocycles. The van der Waals surface area contributed by atoms with Crippen LogP contribution in [-0.2, 0) is 4.79 Å². The van der Waals surface area contributed by atoms with Crippen molar-refractivity contribution >= 4 is 5.78 Å². The molecule has 3 nitrogen and oxygen atoms in total. The molecule has 0 aromatic heterocycles. The van der Waals surface area contributed by atoms with Crippen molar-refractivity contribution in [3.8, 4) is 5.75 Å². The van der Waals surface area contributed by atoms with Crippen LogP contribution in [0.3, 0.4) is 0 Å². The van der Waals surface area contributed by atoms with E-state index in [9.17, 15) is 4.79 Å². The summed E-state index contributed by atoms with van der Waals surface area (Å²) >= 11 is 0. The van der Waals surface area contributed by atoms with Gasteiger partial charge in [-0.2, -0.15) is 0 Å². The van der Waals surface area contributed by atoms with Crippen LogP contribution in [-0.4, -0.2) is 18.9 Å². The third-order valence-electron chi connectivity index (χ3n) is 1.71. The highest BCUT2D eigenvalue weighted by Gasteiger charge is 2.01. The Morgan fingerprint density at radius 2 is 2.15 bits per heavy atom. The molecule has 70 valence electrons. The van der Waals surface area contributed by atoms with E-state index < -0.39 is 0 Å². The molecule has 3 heteroatoms. The van der Waals surface area contributed by atoms with Gasteiger partial charge in [0, 0.05) is 0 Å². The van der Waals surface area contributed by atoms with Crippen molar-refractivity contribution in [3.63, 3.8) is 0 Å². The Morgan fingerprint density at radius 3 is 2.77 bits per heavy atom. The number of ether oxygens (including phenoxy) is 1. The largest absolute Gasteiger partial charge is 0.486 e. The van der Waals surface area contributed by atoms with Crippen LogP contribution < -0.4 is 10.5 Å². The van der Waals surface area contributed by atoms with Crippen molar-refractivity contribution in [3.05, 3.63) is 29.8 Å². The van der Waals surface area contributed by atoms with Crippen LogP contribution in [0.25, 0.3) is 0 Å².